The standard InChI is InChI=1S/C15H16N2O2S.C10H14.Ru/c1-20(18,19)17-15(13-10-6-3-7-11-13)14(16)12-8-4-2-5-9-12;1-8(2)10-6-4-9(3)5-7-10;/h2-11,14-16H,1H3;4-8H,1-3H3;/q-2;;+2. The van der Waals surface area contributed by atoms with Crippen molar-refractivity contribution in [3.63, 3.8) is 0 Å². The first-order chi connectivity index (χ1) is 14.2. The third-order valence-electron chi connectivity index (χ3n) is 4.66. The Hall–Kier alpha value is -1.85. The third-order valence-corrected chi connectivity index (χ3v) is 5.27. The molecule has 0 saturated heterocycles. The molecule has 1 N–H and O–H groups in total. The van der Waals surface area contributed by atoms with E-state index in [1.54, 1.807) is 12.1 Å². The van der Waals surface area contributed by atoms with Crippen LogP contribution >= 0.6 is 0 Å². The van der Waals surface area contributed by atoms with E-state index in [1.165, 1.54) is 11.1 Å². The molecule has 31 heavy (non-hydrogen) atoms. The van der Waals surface area contributed by atoms with Crippen LogP contribution in [0.3, 0.4) is 0 Å². The summed E-state index contributed by atoms with van der Waals surface area (Å²) in [5.74, 6) is 0.653. The molecule has 0 fully saturated rings. The summed E-state index contributed by atoms with van der Waals surface area (Å²) < 4.78 is 26.8. The van der Waals surface area contributed by atoms with E-state index in [0.29, 0.717) is 5.92 Å². The Labute approximate surface area is 200 Å². The summed E-state index contributed by atoms with van der Waals surface area (Å²) in [4.78, 5) is 0. The third kappa shape index (κ3) is 9.45. The van der Waals surface area contributed by atoms with Gasteiger partial charge in [-0.3, -0.25) is 0 Å². The molecular formula is C25H30N2O2RuS. The van der Waals surface area contributed by atoms with Gasteiger partial charge >= 0.3 is 19.5 Å². The van der Waals surface area contributed by atoms with Crippen LogP contribution in [0.15, 0.2) is 84.9 Å². The van der Waals surface area contributed by atoms with Gasteiger partial charge in [-0.25, -0.2) is 8.42 Å². The molecule has 0 aromatic heterocycles. The van der Waals surface area contributed by atoms with Crippen LogP contribution in [0.1, 0.15) is 54.1 Å². The number of nitrogens with zero attached hydrogens (tertiary/aromatic N) is 1. The Bertz CT molecular complexity index is 993. The molecule has 0 radical (unpaired) electrons. The van der Waals surface area contributed by atoms with Crippen molar-refractivity contribution in [2.75, 3.05) is 6.26 Å². The van der Waals surface area contributed by atoms with Crippen molar-refractivity contribution < 1.29 is 27.9 Å². The molecule has 2 atom stereocenters. The first kappa shape index (κ1) is 27.2. The first-order valence-electron chi connectivity index (χ1n) is 9.97. The Morgan fingerprint density at radius 1 is 0.742 bits per heavy atom. The zero-order valence-corrected chi connectivity index (χ0v) is 20.9. The minimum Gasteiger partial charge on any atom is -0.672 e. The molecule has 0 heterocycles. The maximum Gasteiger partial charge on any atom is 2.00 e. The average Bonchev–Trinajstić information content (AvgIpc) is 2.73. The van der Waals surface area contributed by atoms with E-state index in [4.69, 9.17) is 5.73 Å². The maximum absolute atomic E-state index is 11.5. The van der Waals surface area contributed by atoms with Crippen molar-refractivity contribution in [3.8, 4) is 0 Å². The second-order valence-electron chi connectivity index (χ2n) is 7.65. The van der Waals surface area contributed by atoms with Crippen LogP contribution < -0.4 is 0 Å². The molecule has 2 unspecified atom stereocenters. The Morgan fingerprint density at radius 2 is 1.19 bits per heavy atom. The van der Waals surface area contributed by atoms with Crippen LogP contribution in [0, 0.1) is 6.92 Å². The van der Waals surface area contributed by atoms with Gasteiger partial charge in [-0.2, -0.15) is 0 Å². The Morgan fingerprint density at radius 3 is 1.61 bits per heavy atom. The number of aryl methyl sites for hydroxylation is 1. The van der Waals surface area contributed by atoms with E-state index in [0.717, 1.165) is 17.4 Å². The van der Waals surface area contributed by atoms with Gasteiger partial charge in [0.2, 0.25) is 0 Å². The van der Waals surface area contributed by atoms with E-state index < -0.39 is 22.1 Å². The number of sulfonamides is 1. The zero-order chi connectivity index (χ0) is 22.1. The van der Waals surface area contributed by atoms with Crippen LogP contribution in [-0.2, 0) is 29.5 Å². The van der Waals surface area contributed by atoms with Gasteiger partial charge in [-0.1, -0.05) is 115 Å². The fourth-order valence-corrected chi connectivity index (χ4v) is 3.62. The van der Waals surface area contributed by atoms with E-state index in [2.05, 4.69) is 49.8 Å². The predicted molar refractivity (Wildman–Crippen MR) is 126 cm³/mol. The maximum atomic E-state index is 11.5. The second kappa shape index (κ2) is 12.9. The minimum absolute atomic E-state index is 0. The molecule has 3 aromatic rings. The van der Waals surface area contributed by atoms with Crippen molar-refractivity contribution in [1.82, 2.24) is 0 Å². The molecule has 0 bridgehead atoms. The van der Waals surface area contributed by atoms with Crippen LogP contribution in [-0.4, -0.2) is 14.7 Å². The Kier molecular flexibility index (Phi) is 11.3. The monoisotopic (exact) mass is 524 g/mol. The number of hydrogen-bond acceptors (Lipinski definition) is 2. The van der Waals surface area contributed by atoms with Crippen molar-refractivity contribution >= 4 is 10.0 Å². The number of nitrogens with one attached hydrogen (secondary N) is 1. The summed E-state index contributed by atoms with van der Waals surface area (Å²) in [6, 6.07) is 25.5. The molecular weight excluding hydrogens is 493 g/mol. The minimum atomic E-state index is -3.52. The van der Waals surface area contributed by atoms with Crippen molar-refractivity contribution in [2.45, 2.75) is 38.8 Å². The van der Waals surface area contributed by atoms with Gasteiger partial charge in [0.1, 0.15) is 0 Å². The van der Waals surface area contributed by atoms with E-state index in [-0.39, 0.29) is 19.5 Å². The van der Waals surface area contributed by atoms with E-state index >= 15 is 0 Å². The van der Waals surface area contributed by atoms with Crippen LogP contribution in [0.4, 0.5) is 0 Å². The summed E-state index contributed by atoms with van der Waals surface area (Å²) >= 11 is 0. The van der Waals surface area contributed by atoms with Gasteiger partial charge in [0.15, 0.2) is 0 Å². The molecule has 0 amide bonds. The smallest absolute Gasteiger partial charge is 0.672 e. The Balaban J connectivity index is 0.000000370. The summed E-state index contributed by atoms with van der Waals surface area (Å²) in [6.45, 7) is 6.54. The molecule has 0 spiro atoms. The quantitative estimate of drug-likeness (QED) is 0.327. The molecule has 0 saturated carbocycles. The van der Waals surface area contributed by atoms with Gasteiger partial charge in [0.25, 0.3) is 0 Å². The molecule has 0 aliphatic carbocycles. The topological polar surface area (TPSA) is 72.0 Å². The molecule has 3 aromatic carbocycles. The van der Waals surface area contributed by atoms with Crippen LogP contribution in [0.5, 0.6) is 0 Å². The molecule has 6 heteroatoms. The number of rotatable bonds is 6. The molecule has 3 rings (SSSR count). The van der Waals surface area contributed by atoms with Crippen molar-refractivity contribution in [3.05, 3.63) is 118 Å². The molecule has 0 aliphatic heterocycles. The number of benzene rings is 3. The summed E-state index contributed by atoms with van der Waals surface area (Å²) in [5.41, 5.74) is 12.6. The molecule has 166 valence electrons. The zero-order valence-electron chi connectivity index (χ0n) is 18.3. The van der Waals surface area contributed by atoms with Gasteiger partial charge in [-0.15, -0.1) is 12.1 Å². The average molecular weight is 524 g/mol. The van der Waals surface area contributed by atoms with Gasteiger partial charge in [0.05, 0.1) is 10.0 Å². The largest absolute Gasteiger partial charge is 2.00 e. The SMILES string of the molecule is CS(=O)(=O)[N-]C(c1ccccc1)C([NH-])c1ccccc1.Cc1ccc(C(C)C)cc1.[Ru+2]. The molecule has 4 nitrogen and oxygen atoms in total. The summed E-state index contributed by atoms with van der Waals surface area (Å²) in [6.07, 6.45) is 1.06. The van der Waals surface area contributed by atoms with Crippen molar-refractivity contribution in [1.29, 1.82) is 0 Å². The van der Waals surface area contributed by atoms with Crippen molar-refractivity contribution in [2.24, 2.45) is 0 Å². The fraction of sp³-hybridized carbons (Fsp3) is 0.280. The van der Waals surface area contributed by atoms with Gasteiger partial charge in [0, 0.05) is 6.26 Å². The van der Waals surface area contributed by atoms with Crippen LogP contribution in [0.2, 0.25) is 0 Å². The number of hydrogen-bond donors (Lipinski definition) is 0. The van der Waals surface area contributed by atoms with E-state index in [9.17, 15) is 8.42 Å². The van der Waals surface area contributed by atoms with Gasteiger partial charge < -0.3 is 10.5 Å². The van der Waals surface area contributed by atoms with Crippen LogP contribution in [0.25, 0.3) is 10.5 Å². The predicted octanol–water partition coefficient (Wildman–Crippen LogP) is 6.97. The normalized spacial score (nSPS) is 12.8. The molecule has 0 aliphatic rings. The second-order valence-corrected chi connectivity index (χ2v) is 9.32. The van der Waals surface area contributed by atoms with E-state index in [1.807, 2.05) is 48.5 Å². The summed E-state index contributed by atoms with van der Waals surface area (Å²) in [7, 11) is -3.52. The first-order valence-corrected chi connectivity index (χ1v) is 11.8. The summed E-state index contributed by atoms with van der Waals surface area (Å²) in [5, 5.41) is 0. The fourth-order valence-electron chi connectivity index (χ4n) is 2.96. The van der Waals surface area contributed by atoms with Gasteiger partial charge in [-0.05, 0) is 18.4 Å².